The second-order valence-corrected chi connectivity index (χ2v) is 22.2. The van der Waals surface area contributed by atoms with Crippen LogP contribution in [0.3, 0.4) is 0 Å². The lowest BCUT2D eigenvalue weighted by Gasteiger charge is -2.41. The van der Waals surface area contributed by atoms with Crippen molar-refractivity contribution >= 4 is 13.8 Å². The molecule has 0 heterocycles. The minimum atomic E-state index is -5.03. The number of carbonyl (C=O) groups excluding carboxylic acids is 1. The number of phosphoric ester groups is 1. The summed E-state index contributed by atoms with van der Waals surface area (Å²) in [5.74, 6) is -0.480. The van der Waals surface area contributed by atoms with E-state index in [0.717, 1.165) is 70.6 Å². The highest BCUT2D eigenvalue weighted by molar-refractivity contribution is 7.47. The standard InChI is InChI=1S/C61H111O12P/c1-3-5-7-9-11-13-15-17-19-21-23-25-27-29-31-33-35-37-39-41-43-45-47-49-51-70-52-54(53-71-74(68,69)73-61-59(66)57(64)56(63)58(65)60(61)67)72-55(62)50-48-46-44-42-40-38-36-34-32-30-28-26-24-22-20-18-16-14-12-10-8-6-4-2/h6,8,12,14,18,20-21,23-24,26,54,56-61,63-67H,3-5,7,9-11,13,15-17,19,22,25,27-53H2,1-2H3,(H,68,69)/b8-6-,14-12-,20-18-,23-21-,26-24-. The highest BCUT2D eigenvalue weighted by Crippen LogP contribution is 2.47. The monoisotopic (exact) mass is 1070 g/mol. The molecule has 0 bridgehead atoms. The highest BCUT2D eigenvalue weighted by atomic mass is 31.2. The van der Waals surface area contributed by atoms with Crippen molar-refractivity contribution < 1.29 is 58.3 Å². The van der Waals surface area contributed by atoms with Gasteiger partial charge in [-0.1, -0.05) is 235 Å². The molecule has 432 valence electrons. The topological polar surface area (TPSA) is 192 Å². The van der Waals surface area contributed by atoms with E-state index < -0.39 is 63.1 Å². The van der Waals surface area contributed by atoms with Gasteiger partial charge in [0, 0.05) is 13.0 Å². The first-order valence-corrected chi connectivity index (χ1v) is 31.6. The van der Waals surface area contributed by atoms with Gasteiger partial charge in [0.15, 0.2) is 0 Å². The Morgan fingerprint density at radius 3 is 1.23 bits per heavy atom. The average Bonchev–Trinajstić information content (AvgIpc) is 3.39. The summed E-state index contributed by atoms with van der Waals surface area (Å²) in [5, 5.41) is 50.5. The fraction of sp³-hybridized carbons (Fsp3) is 0.820. The lowest BCUT2D eigenvalue weighted by Crippen LogP contribution is -2.64. The molecular weight excluding hydrogens is 956 g/mol. The molecule has 13 heteroatoms. The van der Waals surface area contributed by atoms with Crippen LogP contribution in [0, 0.1) is 0 Å². The van der Waals surface area contributed by atoms with E-state index in [-0.39, 0.29) is 13.0 Å². The molecule has 74 heavy (non-hydrogen) atoms. The van der Waals surface area contributed by atoms with Gasteiger partial charge in [-0.15, -0.1) is 0 Å². The van der Waals surface area contributed by atoms with Crippen LogP contribution >= 0.6 is 7.82 Å². The Labute approximate surface area is 451 Å². The van der Waals surface area contributed by atoms with Gasteiger partial charge in [0.2, 0.25) is 0 Å². The van der Waals surface area contributed by atoms with E-state index in [1.54, 1.807) is 0 Å². The van der Waals surface area contributed by atoms with Crippen LogP contribution in [-0.2, 0) is 27.9 Å². The molecule has 6 N–H and O–H groups in total. The van der Waals surface area contributed by atoms with Crippen molar-refractivity contribution in [3.8, 4) is 0 Å². The maximum atomic E-state index is 12.9. The van der Waals surface area contributed by atoms with Crippen molar-refractivity contribution in [1.29, 1.82) is 0 Å². The largest absolute Gasteiger partial charge is 0.472 e. The van der Waals surface area contributed by atoms with Gasteiger partial charge < -0.3 is 39.9 Å². The van der Waals surface area contributed by atoms with Crippen LogP contribution in [0.1, 0.15) is 258 Å². The van der Waals surface area contributed by atoms with Gasteiger partial charge in [-0.25, -0.2) is 4.57 Å². The summed E-state index contributed by atoms with van der Waals surface area (Å²) in [5.41, 5.74) is 0. The number of ether oxygens (including phenoxy) is 2. The lowest BCUT2D eigenvalue weighted by molar-refractivity contribution is -0.220. The van der Waals surface area contributed by atoms with Gasteiger partial charge in [0.05, 0.1) is 13.2 Å². The molecule has 1 aliphatic carbocycles. The first kappa shape index (κ1) is 70.1. The molecule has 0 aromatic carbocycles. The van der Waals surface area contributed by atoms with Crippen LogP contribution in [-0.4, -0.2) is 98.9 Å². The molecule has 1 aliphatic rings. The molecule has 0 amide bonds. The highest BCUT2D eigenvalue weighted by Gasteiger charge is 2.51. The number of phosphoric acid groups is 1. The van der Waals surface area contributed by atoms with Gasteiger partial charge in [0.1, 0.15) is 42.7 Å². The third-order valence-corrected chi connectivity index (χ3v) is 14.9. The van der Waals surface area contributed by atoms with Gasteiger partial charge in [-0.3, -0.25) is 13.8 Å². The second kappa shape index (κ2) is 50.5. The first-order chi connectivity index (χ1) is 36.0. The minimum absolute atomic E-state index is 0.0788. The summed E-state index contributed by atoms with van der Waals surface area (Å²) < 4.78 is 34.5. The molecule has 12 nitrogen and oxygen atoms in total. The van der Waals surface area contributed by atoms with Crippen LogP contribution in [0.5, 0.6) is 0 Å². The van der Waals surface area contributed by atoms with Crippen LogP contribution in [0.4, 0.5) is 0 Å². The molecule has 1 saturated carbocycles. The summed E-state index contributed by atoms with van der Waals surface area (Å²) in [6, 6.07) is 0. The summed E-state index contributed by atoms with van der Waals surface area (Å²) in [7, 11) is -5.03. The average molecular weight is 1070 g/mol. The molecule has 1 fully saturated rings. The van der Waals surface area contributed by atoms with Gasteiger partial charge in [0.25, 0.3) is 0 Å². The van der Waals surface area contributed by atoms with Gasteiger partial charge >= 0.3 is 13.8 Å². The molecule has 0 aliphatic heterocycles. The minimum Gasteiger partial charge on any atom is -0.457 e. The maximum absolute atomic E-state index is 12.9. The first-order valence-electron chi connectivity index (χ1n) is 30.1. The summed E-state index contributed by atoms with van der Waals surface area (Å²) in [4.78, 5) is 23.4. The number of aliphatic hydroxyl groups is 5. The van der Waals surface area contributed by atoms with E-state index in [1.807, 2.05) is 0 Å². The van der Waals surface area contributed by atoms with E-state index in [9.17, 15) is 39.8 Å². The SMILES string of the molecule is CC/C=C\C/C=C\C/C=C\C/C=C\CCCCCCCCCCCCC(=O)OC(COCCCCCCCCCCCCCC/C=C\CCCCCCCCCC)COP(=O)(O)OC1C(O)C(O)C(O)C(O)C1O. The fourth-order valence-corrected chi connectivity index (χ4v) is 10.1. The number of hydrogen-bond acceptors (Lipinski definition) is 11. The van der Waals surface area contributed by atoms with Crippen molar-refractivity contribution in [2.45, 2.75) is 301 Å². The molecule has 0 saturated heterocycles. The van der Waals surface area contributed by atoms with Gasteiger partial charge in [-0.05, 0) is 77.0 Å². The molecule has 0 radical (unpaired) electrons. The summed E-state index contributed by atoms with van der Waals surface area (Å²) in [6.45, 7) is 4.19. The molecule has 6 unspecified atom stereocenters. The third-order valence-electron chi connectivity index (χ3n) is 13.9. The lowest BCUT2D eigenvalue weighted by atomic mass is 9.85. The molecular formula is C61H111O12P. The Hall–Kier alpha value is -1.96. The number of hydrogen-bond donors (Lipinski definition) is 6. The number of unbranched alkanes of at least 4 members (excludes halogenated alkanes) is 30. The summed E-state index contributed by atoms with van der Waals surface area (Å²) >= 11 is 0. The maximum Gasteiger partial charge on any atom is 0.472 e. The van der Waals surface area contributed by atoms with Crippen molar-refractivity contribution in [2.24, 2.45) is 0 Å². The molecule has 0 aromatic heterocycles. The zero-order valence-electron chi connectivity index (χ0n) is 46.9. The van der Waals surface area contributed by atoms with E-state index in [1.165, 1.54) is 161 Å². The van der Waals surface area contributed by atoms with Gasteiger partial charge in [-0.2, -0.15) is 0 Å². The number of allylic oxidation sites excluding steroid dienone is 10. The number of aliphatic hydroxyl groups excluding tert-OH is 5. The molecule has 1 rings (SSSR count). The van der Waals surface area contributed by atoms with Crippen LogP contribution in [0.25, 0.3) is 0 Å². The predicted molar refractivity (Wildman–Crippen MR) is 304 cm³/mol. The number of esters is 1. The number of rotatable bonds is 52. The summed E-state index contributed by atoms with van der Waals surface area (Å²) in [6.07, 6.45) is 54.3. The Kier molecular flexibility index (Phi) is 47.8. The van der Waals surface area contributed by atoms with Crippen molar-refractivity contribution in [2.75, 3.05) is 19.8 Å². The van der Waals surface area contributed by atoms with Crippen molar-refractivity contribution in [3.63, 3.8) is 0 Å². The molecule has 6 atom stereocenters. The van der Waals surface area contributed by atoms with E-state index >= 15 is 0 Å². The quantitative estimate of drug-likeness (QED) is 0.0146. The number of carbonyl (C=O) groups is 1. The van der Waals surface area contributed by atoms with Crippen molar-refractivity contribution in [3.05, 3.63) is 60.8 Å². The normalized spacial score (nSPS) is 20.8. The predicted octanol–water partition coefficient (Wildman–Crippen LogP) is 14.9. The third kappa shape index (κ3) is 41.2. The van der Waals surface area contributed by atoms with Crippen LogP contribution in [0.2, 0.25) is 0 Å². The van der Waals surface area contributed by atoms with Crippen LogP contribution < -0.4 is 0 Å². The Morgan fingerprint density at radius 2 is 0.797 bits per heavy atom. The zero-order valence-corrected chi connectivity index (χ0v) is 47.8. The molecule has 0 spiro atoms. The van der Waals surface area contributed by atoms with E-state index in [2.05, 4.69) is 74.6 Å². The Balaban J connectivity index is 2.26. The van der Waals surface area contributed by atoms with E-state index in [0.29, 0.717) is 13.0 Å². The smallest absolute Gasteiger partial charge is 0.457 e. The van der Waals surface area contributed by atoms with Crippen molar-refractivity contribution in [1.82, 2.24) is 0 Å². The Morgan fingerprint density at radius 1 is 0.446 bits per heavy atom. The Bertz CT molecular complexity index is 1450. The molecule has 0 aromatic rings. The zero-order chi connectivity index (χ0) is 54.0. The fourth-order valence-electron chi connectivity index (χ4n) is 9.17. The van der Waals surface area contributed by atoms with E-state index in [4.69, 9.17) is 18.5 Å². The van der Waals surface area contributed by atoms with Crippen LogP contribution in [0.15, 0.2) is 60.8 Å². The second-order valence-electron chi connectivity index (χ2n) is 20.8.